The van der Waals surface area contributed by atoms with Gasteiger partial charge >= 0.3 is 0 Å². The van der Waals surface area contributed by atoms with Gasteiger partial charge in [-0.1, -0.05) is 11.6 Å². The monoisotopic (exact) mass is 396 g/mol. The second kappa shape index (κ2) is 6.62. The van der Waals surface area contributed by atoms with Gasteiger partial charge < -0.3 is 4.90 Å². The molecule has 30 heavy (non-hydrogen) atoms. The fraction of sp³-hybridized carbons (Fsp3) is 0.333. The lowest BCUT2D eigenvalue weighted by Crippen LogP contribution is -2.32. The molecule has 0 unspecified atom stereocenters. The molecule has 0 radical (unpaired) electrons. The Hall–Kier alpha value is -3.28. The molecule has 6 nitrogen and oxygen atoms in total. The molecule has 0 spiro atoms. The molecule has 1 aliphatic heterocycles. The summed E-state index contributed by atoms with van der Waals surface area (Å²) in [5.41, 5.74) is 6.99. The van der Waals surface area contributed by atoms with Crippen molar-refractivity contribution in [1.82, 2.24) is 24.7 Å². The van der Waals surface area contributed by atoms with Gasteiger partial charge in [0.25, 0.3) is 0 Å². The van der Waals surface area contributed by atoms with E-state index >= 15 is 0 Å². The lowest BCUT2D eigenvalue weighted by Gasteiger charge is -2.30. The Morgan fingerprint density at radius 1 is 1.00 bits per heavy atom. The van der Waals surface area contributed by atoms with Crippen molar-refractivity contribution in [3.05, 3.63) is 65.5 Å². The van der Waals surface area contributed by atoms with E-state index in [1.807, 2.05) is 19.3 Å². The van der Waals surface area contributed by atoms with Crippen LogP contribution in [0.5, 0.6) is 0 Å². The second-order valence-electron chi connectivity index (χ2n) is 8.56. The standard InChI is InChI=1S/C24H24N6/c1-15-3-6-23-21(9-15)24(28-16(2)27-23)29-8-7-22-18(13-29)10-17(11-25-22)19-12-26-30(14-19)20-4-5-20/h3,6,9-12,14,20H,4-5,7-8,13H2,1-2H3. The molecule has 4 heterocycles. The van der Waals surface area contributed by atoms with E-state index in [4.69, 9.17) is 9.97 Å². The Kier molecular flexibility index (Phi) is 3.88. The van der Waals surface area contributed by atoms with Gasteiger partial charge in [-0.3, -0.25) is 9.67 Å². The Bertz CT molecular complexity index is 1270. The smallest absolute Gasteiger partial charge is 0.140 e. The summed E-state index contributed by atoms with van der Waals surface area (Å²) in [6, 6.07) is 9.28. The Balaban J connectivity index is 1.36. The van der Waals surface area contributed by atoms with Gasteiger partial charge in [0.2, 0.25) is 0 Å². The van der Waals surface area contributed by atoms with Crippen molar-refractivity contribution in [2.24, 2.45) is 0 Å². The van der Waals surface area contributed by atoms with Crippen LogP contribution in [0.3, 0.4) is 0 Å². The molecule has 1 aromatic carbocycles. The summed E-state index contributed by atoms with van der Waals surface area (Å²) < 4.78 is 2.10. The summed E-state index contributed by atoms with van der Waals surface area (Å²) in [7, 11) is 0. The summed E-state index contributed by atoms with van der Waals surface area (Å²) in [6.07, 6.45) is 9.52. The molecule has 4 aromatic rings. The van der Waals surface area contributed by atoms with E-state index in [0.29, 0.717) is 6.04 Å². The molecule has 0 saturated heterocycles. The summed E-state index contributed by atoms with van der Waals surface area (Å²) in [5, 5.41) is 5.67. The number of fused-ring (bicyclic) bond motifs is 2. The lowest BCUT2D eigenvalue weighted by atomic mass is 10.0. The van der Waals surface area contributed by atoms with Crippen molar-refractivity contribution in [2.45, 2.75) is 45.7 Å². The Morgan fingerprint density at radius 2 is 1.90 bits per heavy atom. The second-order valence-corrected chi connectivity index (χ2v) is 8.56. The first-order valence-corrected chi connectivity index (χ1v) is 10.7. The molecular formula is C24H24N6. The average Bonchev–Trinajstić information content (AvgIpc) is 3.49. The molecule has 1 aliphatic carbocycles. The van der Waals surface area contributed by atoms with Crippen LogP contribution in [-0.2, 0) is 13.0 Å². The number of aryl methyl sites for hydroxylation is 2. The van der Waals surface area contributed by atoms with Crippen LogP contribution >= 0.6 is 0 Å². The molecule has 0 bridgehead atoms. The van der Waals surface area contributed by atoms with Crippen LogP contribution < -0.4 is 4.90 Å². The highest BCUT2D eigenvalue weighted by molar-refractivity contribution is 5.90. The van der Waals surface area contributed by atoms with E-state index < -0.39 is 0 Å². The van der Waals surface area contributed by atoms with Crippen molar-refractivity contribution in [2.75, 3.05) is 11.4 Å². The van der Waals surface area contributed by atoms with Crippen molar-refractivity contribution >= 4 is 16.7 Å². The van der Waals surface area contributed by atoms with Crippen LogP contribution in [-0.4, -0.2) is 31.3 Å². The SMILES string of the molecule is Cc1ccc2nc(C)nc(N3CCc4ncc(-c5cnn(C6CC6)c5)cc4C3)c2c1. The predicted octanol–water partition coefficient (Wildman–Crippen LogP) is 4.40. The Labute approximate surface area is 175 Å². The van der Waals surface area contributed by atoms with Crippen LogP contribution in [0.1, 0.15) is 41.5 Å². The van der Waals surface area contributed by atoms with Crippen molar-refractivity contribution in [3.63, 3.8) is 0 Å². The summed E-state index contributed by atoms with van der Waals surface area (Å²) >= 11 is 0. The molecular weight excluding hydrogens is 372 g/mol. The van der Waals surface area contributed by atoms with Crippen LogP contribution in [0, 0.1) is 13.8 Å². The van der Waals surface area contributed by atoms with Gasteiger partial charge in [0, 0.05) is 54.1 Å². The topological polar surface area (TPSA) is 59.7 Å². The number of hydrogen-bond acceptors (Lipinski definition) is 5. The summed E-state index contributed by atoms with van der Waals surface area (Å²) in [4.78, 5) is 16.6. The van der Waals surface area contributed by atoms with Gasteiger partial charge in [-0.05, 0) is 50.5 Å². The van der Waals surface area contributed by atoms with Gasteiger partial charge in [-0.15, -0.1) is 0 Å². The van der Waals surface area contributed by atoms with Crippen molar-refractivity contribution < 1.29 is 0 Å². The van der Waals surface area contributed by atoms with E-state index in [2.05, 4.69) is 57.1 Å². The van der Waals surface area contributed by atoms with E-state index in [-0.39, 0.29) is 0 Å². The Morgan fingerprint density at radius 3 is 2.77 bits per heavy atom. The molecule has 1 saturated carbocycles. The number of anilines is 1. The maximum absolute atomic E-state index is 4.83. The third-order valence-electron chi connectivity index (χ3n) is 6.14. The van der Waals surface area contributed by atoms with Crippen molar-refractivity contribution in [1.29, 1.82) is 0 Å². The molecule has 1 fully saturated rings. The van der Waals surface area contributed by atoms with E-state index in [1.165, 1.54) is 29.7 Å². The van der Waals surface area contributed by atoms with Gasteiger partial charge in [-0.2, -0.15) is 5.10 Å². The van der Waals surface area contributed by atoms with Gasteiger partial charge in [0.15, 0.2) is 0 Å². The van der Waals surface area contributed by atoms with Crippen LogP contribution in [0.25, 0.3) is 22.0 Å². The van der Waals surface area contributed by atoms with E-state index in [0.717, 1.165) is 53.2 Å². The van der Waals surface area contributed by atoms with E-state index in [1.54, 1.807) is 0 Å². The maximum atomic E-state index is 4.83. The molecule has 0 atom stereocenters. The summed E-state index contributed by atoms with van der Waals surface area (Å²) in [5.74, 6) is 1.84. The van der Waals surface area contributed by atoms with Gasteiger partial charge in [-0.25, -0.2) is 9.97 Å². The largest absolute Gasteiger partial charge is 0.351 e. The molecule has 6 rings (SSSR count). The third-order valence-corrected chi connectivity index (χ3v) is 6.14. The van der Waals surface area contributed by atoms with E-state index in [9.17, 15) is 0 Å². The normalized spacial score (nSPS) is 16.1. The molecule has 0 amide bonds. The summed E-state index contributed by atoms with van der Waals surface area (Å²) in [6.45, 7) is 5.81. The van der Waals surface area contributed by atoms with Crippen molar-refractivity contribution in [3.8, 4) is 11.1 Å². The zero-order valence-corrected chi connectivity index (χ0v) is 17.3. The minimum atomic E-state index is 0.595. The highest BCUT2D eigenvalue weighted by Gasteiger charge is 2.25. The first kappa shape index (κ1) is 17.6. The first-order valence-electron chi connectivity index (χ1n) is 10.7. The van der Waals surface area contributed by atoms with Crippen LogP contribution in [0.4, 0.5) is 5.82 Å². The lowest BCUT2D eigenvalue weighted by molar-refractivity contribution is 0.642. The molecule has 3 aromatic heterocycles. The maximum Gasteiger partial charge on any atom is 0.140 e. The van der Waals surface area contributed by atoms with Crippen LogP contribution in [0.2, 0.25) is 0 Å². The molecule has 0 N–H and O–H groups in total. The number of benzene rings is 1. The number of nitrogens with zero attached hydrogens (tertiary/aromatic N) is 6. The number of hydrogen-bond donors (Lipinski definition) is 0. The highest BCUT2D eigenvalue weighted by atomic mass is 15.3. The zero-order chi connectivity index (χ0) is 20.2. The predicted molar refractivity (Wildman–Crippen MR) is 117 cm³/mol. The number of aromatic nitrogens is 5. The average molecular weight is 396 g/mol. The minimum absolute atomic E-state index is 0.595. The number of rotatable bonds is 3. The first-order chi connectivity index (χ1) is 14.6. The fourth-order valence-corrected chi connectivity index (χ4v) is 4.37. The zero-order valence-electron chi connectivity index (χ0n) is 17.3. The number of pyridine rings is 1. The molecule has 2 aliphatic rings. The highest BCUT2D eigenvalue weighted by Crippen LogP contribution is 2.36. The molecule has 6 heteroatoms. The van der Waals surface area contributed by atoms with Crippen LogP contribution in [0.15, 0.2) is 42.9 Å². The molecule has 150 valence electrons. The van der Waals surface area contributed by atoms with Gasteiger partial charge in [0.05, 0.1) is 17.8 Å². The van der Waals surface area contributed by atoms with Gasteiger partial charge in [0.1, 0.15) is 11.6 Å². The quantitative estimate of drug-likeness (QED) is 0.514. The third kappa shape index (κ3) is 3.03. The minimum Gasteiger partial charge on any atom is -0.351 e. The fourth-order valence-electron chi connectivity index (χ4n) is 4.37.